The number of nitrogens with zero attached hydrogens (tertiary/aromatic N) is 1. The van der Waals surface area contributed by atoms with Gasteiger partial charge in [-0.05, 0) is 53.8 Å². The molecule has 0 aliphatic carbocycles. The molecule has 0 radical (unpaired) electrons. The number of piperidine rings is 1. The molecule has 0 bridgehead atoms. The molecule has 2 N–H and O–H groups in total. The zero-order valence-electron chi connectivity index (χ0n) is 17.1. The standard InChI is InChI=1S/C26H28N2O2/c29-20-13-16-28(15-5-17-30-26-11-4-10-24-23(26)12-14-27-24)25(18-20)22-9-3-7-19-6-1-2-8-21(19)22/h1-4,6-12,14,20,25,27,29H,5,13,15-18H2. The number of ether oxygens (including phenoxy) is 1. The molecule has 1 aliphatic heterocycles. The summed E-state index contributed by atoms with van der Waals surface area (Å²) in [6.45, 7) is 2.57. The van der Waals surface area contributed by atoms with Crippen LogP contribution >= 0.6 is 0 Å². The Morgan fingerprint density at radius 3 is 2.80 bits per heavy atom. The fourth-order valence-electron chi connectivity index (χ4n) is 4.76. The van der Waals surface area contributed by atoms with Crippen molar-refractivity contribution in [2.45, 2.75) is 31.4 Å². The lowest BCUT2D eigenvalue weighted by atomic mass is 9.90. The second-order valence-electron chi connectivity index (χ2n) is 8.20. The largest absolute Gasteiger partial charge is 0.493 e. The van der Waals surface area contributed by atoms with Crippen LogP contribution < -0.4 is 4.74 Å². The van der Waals surface area contributed by atoms with Crippen molar-refractivity contribution in [1.82, 2.24) is 9.88 Å². The monoisotopic (exact) mass is 400 g/mol. The highest BCUT2D eigenvalue weighted by atomic mass is 16.5. The van der Waals surface area contributed by atoms with Crippen LogP contribution in [0.3, 0.4) is 0 Å². The van der Waals surface area contributed by atoms with E-state index in [0.29, 0.717) is 6.61 Å². The van der Waals surface area contributed by atoms with Gasteiger partial charge in [-0.15, -0.1) is 0 Å². The maximum absolute atomic E-state index is 10.4. The molecule has 4 aromatic rings. The molecule has 1 saturated heterocycles. The number of rotatable bonds is 6. The van der Waals surface area contributed by atoms with E-state index >= 15 is 0 Å². The maximum atomic E-state index is 10.4. The summed E-state index contributed by atoms with van der Waals surface area (Å²) in [4.78, 5) is 5.76. The second kappa shape index (κ2) is 8.50. The SMILES string of the molecule is OC1CCN(CCCOc2cccc3[nH]ccc23)C(c2cccc3ccccc23)C1. The van der Waals surface area contributed by atoms with Crippen LogP contribution in [0.2, 0.25) is 0 Å². The normalized spacial score (nSPS) is 20.0. The minimum atomic E-state index is -0.229. The third kappa shape index (κ3) is 3.81. The summed E-state index contributed by atoms with van der Waals surface area (Å²) >= 11 is 0. The van der Waals surface area contributed by atoms with E-state index in [1.54, 1.807) is 0 Å². The van der Waals surface area contributed by atoms with Crippen molar-refractivity contribution >= 4 is 21.7 Å². The van der Waals surface area contributed by atoms with Gasteiger partial charge in [0.15, 0.2) is 0 Å². The molecule has 30 heavy (non-hydrogen) atoms. The van der Waals surface area contributed by atoms with Crippen LogP contribution in [0, 0.1) is 0 Å². The highest BCUT2D eigenvalue weighted by Gasteiger charge is 2.29. The molecule has 0 amide bonds. The third-order valence-electron chi connectivity index (χ3n) is 6.27. The molecule has 2 heterocycles. The van der Waals surface area contributed by atoms with Crippen LogP contribution in [0.25, 0.3) is 21.7 Å². The Morgan fingerprint density at radius 2 is 1.83 bits per heavy atom. The topological polar surface area (TPSA) is 48.5 Å². The molecule has 1 fully saturated rings. The fraction of sp³-hybridized carbons (Fsp3) is 0.308. The Balaban J connectivity index is 1.28. The quantitative estimate of drug-likeness (QED) is 0.433. The Labute approximate surface area is 177 Å². The predicted octanol–water partition coefficient (Wildman–Crippen LogP) is 5.29. The van der Waals surface area contributed by atoms with Crippen LogP contribution in [0.4, 0.5) is 0 Å². The number of aromatic amines is 1. The third-order valence-corrected chi connectivity index (χ3v) is 6.27. The number of aliphatic hydroxyl groups excluding tert-OH is 1. The van der Waals surface area contributed by atoms with Gasteiger partial charge in [-0.1, -0.05) is 48.5 Å². The van der Waals surface area contributed by atoms with E-state index in [1.165, 1.54) is 16.3 Å². The lowest BCUT2D eigenvalue weighted by Gasteiger charge is -2.38. The summed E-state index contributed by atoms with van der Waals surface area (Å²) in [6.07, 6.45) is 4.30. The molecule has 2 atom stereocenters. The zero-order chi connectivity index (χ0) is 20.3. The average molecular weight is 401 g/mol. The first-order valence-corrected chi connectivity index (χ1v) is 10.9. The highest BCUT2D eigenvalue weighted by molar-refractivity contribution is 5.86. The predicted molar refractivity (Wildman–Crippen MR) is 122 cm³/mol. The Kier molecular flexibility index (Phi) is 5.43. The summed E-state index contributed by atoms with van der Waals surface area (Å²) in [5.41, 5.74) is 2.43. The number of hydrogen-bond donors (Lipinski definition) is 2. The molecular weight excluding hydrogens is 372 g/mol. The van der Waals surface area contributed by atoms with E-state index in [2.05, 4.69) is 64.5 Å². The van der Waals surface area contributed by atoms with Gasteiger partial charge in [-0.2, -0.15) is 0 Å². The Morgan fingerprint density at radius 1 is 0.967 bits per heavy atom. The minimum Gasteiger partial charge on any atom is -0.493 e. The number of aromatic nitrogens is 1. The van der Waals surface area contributed by atoms with E-state index in [1.807, 2.05) is 18.3 Å². The van der Waals surface area contributed by atoms with Crippen molar-refractivity contribution in [2.24, 2.45) is 0 Å². The molecule has 1 aromatic heterocycles. The average Bonchev–Trinajstić information content (AvgIpc) is 3.27. The van der Waals surface area contributed by atoms with Gasteiger partial charge in [0.1, 0.15) is 5.75 Å². The number of hydrogen-bond acceptors (Lipinski definition) is 3. The molecule has 4 nitrogen and oxygen atoms in total. The van der Waals surface area contributed by atoms with Crippen molar-refractivity contribution < 1.29 is 9.84 Å². The summed E-state index contributed by atoms with van der Waals surface area (Å²) < 4.78 is 6.10. The molecule has 3 aromatic carbocycles. The second-order valence-corrected chi connectivity index (χ2v) is 8.20. The van der Waals surface area contributed by atoms with Gasteiger partial charge in [0.05, 0.1) is 12.7 Å². The lowest BCUT2D eigenvalue weighted by Crippen LogP contribution is -2.39. The van der Waals surface area contributed by atoms with Crippen molar-refractivity contribution in [2.75, 3.05) is 19.7 Å². The van der Waals surface area contributed by atoms with Crippen molar-refractivity contribution in [3.8, 4) is 5.75 Å². The minimum absolute atomic E-state index is 0.229. The van der Waals surface area contributed by atoms with E-state index in [4.69, 9.17) is 4.74 Å². The van der Waals surface area contributed by atoms with Crippen molar-refractivity contribution in [3.05, 3.63) is 78.5 Å². The zero-order valence-corrected chi connectivity index (χ0v) is 17.1. The van der Waals surface area contributed by atoms with Crippen molar-refractivity contribution in [3.63, 3.8) is 0 Å². The first-order chi connectivity index (χ1) is 14.8. The smallest absolute Gasteiger partial charge is 0.128 e. The van der Waals surface area contributed by atoms with Crippen LogP contribution in [0.1, 0.15) is 30.9 Å². The molecule has 0 saturated carbocycles. The fourth-order valence-corrected chi connectivity index (χ4v) is 4.76. The summed E-state index contributed by atoms with van der Waals surface area (Å²) in [5.74, 6) is 0.938. The summed E-state index contributed by atoms with van der Waals surface area (Å²) in [5, 5.41) is 14.1. The summed E-state index contributed by atoms with van der Waals surface area (Å²) in [6, 6.07) is 23.5. The molecular formula is C26H28N2O2. The summed E-state index contributed by atoms with van der Waals surface area (Å²) in [7, 11) is 0. The van der Waals surface area contributed by atoms with Gasteiger partial charge in [0.25, 0.3) is 0 Å². The number of likely N-dealkylation sites (tertiary alicyclic amines) is 1. The van der Waals surface area contributed by atoms with Gasteiger partial charge >= 0.3 is 0 Å². The van der Waals surface area contributed by atoms with E-state index in [-0.39, 0.29) is 12.1 Å². The Bertz CT molecular complexity index is 1130. The van der Waals surface area contributed by atoms with Crippen LogP contribution in [0.5, 0.6) is 5.75 Å². The number of H-pyrrole nitrogens is 1. The molecule has 2 unspecified atom stereocenters. The van der Waals surface area contributed by atoms with Gasteiger partial charge in [-0.25, -0.2) is 0 Å². The molecule has 0 spiro atoms. The van der Waals surface area contributed by atoms with Gasteiger partial charge in [0.2, 0.25) is 0 Å². The molecule has 5 rings (SSSR count). The maximum Gasteiger partial charge on any atom is 0.128 e. The number of benzene rings is 3. The Hall–Kier alpha value is -2.82. The van der Waals surface area contributed by atoms with Crippen LogP contribution in [-0.2, 0) is 0 Å². The lowest BCUT2D eigenvalue weighted by molar-refractivity contribution is 0.0389. The molecule has 1 aliphatic rings. The number of aliphatic hydroxyl groups is 1. The van der Waals surface area contributed by atoms with E-state index in [0.717, 1.165) is 49.0 Å². The number of fused-ring (bicyclic) bond motifs is 2. The first kappa shape index (κ1) is 19.2. The van der Waals surface area contributed by atoms with Gasteiger partial charge in [-0.3, -0.25) is 4.90 Å². The molecule has 4 heteroatoms. The van der Waals surface area contributed by atoms with Crippen LogP contribution in [0.15, 0.2) is 72.9 Å². The van der Waals surface area contributed by atoms with Crippen LogP contribution in [-0.4, -0.2) is 40.8 Å². The number of nitrogens with one attached hydrogen (secondary N) is 1. The van der Waals surface area contributed by atoms with E-state index in [9.17, 15) is 5.11 Å². The van der Waals surface area contributed by atoms with E-state index < -0.39 is 0 Å². The molecule has 154 valence electrons. The van der Waals surface area contributed by atoms with Gasteiger partial charge < -0.3 is 14.8 Å². The van der Waals surface area contributed by atoms with Gasteiger partial charge in [0, 0.05) is 36.2 Å². The van der Waals surface area contributed by atoms with Crippen molar-refractivity contribution in [1.29, 1.82) is 0 Å². The first-order valence-electron chi connectivity index (χ1n) is 10.9. The highest BCUT2D eigenvalue weighted by Crippen LogP contribution is 2.35.